The van der Waals surface area contributed by atoms with Gasteiger partial charge in [0, 0.05) is 36.3 Å². The first-order chi connectivity index (χ1) is 14.9. The molecule has 0 aliphatic carbocycles. The number of rotatable bonds is 5. The normalized spacial score (nSPS) is 19.9. The largest absolute Gasteiger partial charge is 0.285 e. The lowest BCUT2D eigenvalue weighted by atomic mass is 10.1. The minimum absolute atomic E-state index is 0.0363. The number of nitrogens with one attached hydrogen (secondary N) is 1. The Balaban J connectivity index is 1.35. The first-order valence-corrected chi connectivity index (χ1v) is 11.9. The Kier molecular flexibility index (Phi) is 4.91. The molecule has 160 valence electrons. The summed E-state index contributed by atoms with van der Waals surface area (Å²) < 4.78 is 30.0. The topological polar surface area (TPSA) is 83.9 Å². The van der Waals surface area contributed by atoms with Crippen molar-refractivity contribution >= 4 is 20.9 Å². The van der Waals surface area contributed by atoms with E-state index in [9.17, 15) is 8.42 Å². The van der Waals surface area contributed by atoms with Crippen LogP contribution in [0, 0.1) is 12.8 Å². The predicted molar refractivity (Wildman–Crippen MR) is 120 cm³/mol. The first kappa shape index (κ1) is 20.0. The van der Waals surface area contributed by atoms with Gasteiger partial charge in [0.25, 0.3) is 0 Å². The summed E-state index contributed by atoms with van der Waals surface area (Å²) in [5.41, 5.74) is 4.23. The third kappa shape index (κ3) is 3.66. The molecular weight excluding hydrogens is 410 g/mol. The van der Waals surface area contributed by atoms with Crippen LogP contribution in [0.25, 0.3) is 22.0 Å². The fraction of sp³-hybridized carbons (Fsp3) is 0.304. The lowest BCUT2D eigenvalue weighted by Crippen LogP contribution is -2.34. The number of benzene rings is 2. The van der Waals surface area contributed by atoms with Crippen LogP contribution in [0.2, 0.25) is 0 Å². The molecule has 1 saturated heterocycles. The maximum atomic E-state index is 13.2. The number of aryl methyl sites for hydroxylation is 1. The second kappa shape index (κ2) is 7.62. The SMILES string of the molecule is Cc1ccc(S(=O)(=O)N2CC(Cn3ncc4cc(-c5cn[nH]c5)ccc43)C[C@H]2C)cc1. The summed E-state index contributed by atoms with van der Waals surface area (Å²) in [4.78, 5) is 0.363. The molecule has 0 bridgehead atoms. The van der Waals surface area contributed by atoms with Gasteiger partial charge in [-0.25, -0.2) is 8.42 Å². The van der Waals surface area contributed by atoms with Gasteiger partial charge in [0.1, 0.15) is 0 Å². The van der Waals surface area contributed by atoms with Gasteiger partial charge in [0.05, 0.1) is 22.8 Å². The van der Waals surface area contributed by atoms with E-state index in [2.05, 4.69) is 33.5 Å². The van der Waals surface area contributed by atoms with E-state index < -0.39 is 10.0 Å². The molecule has 1 fully saturated rings. The summed E-state index contributed by atoms with van der Waals surface area (Å²) in [5.74, 6) is 0.215. The highest BCUT2D eigenvalue weighted by molar-refractivity contribution is 7.89. The van der Waals surface area contributed by atoms with Gasteiger partial charge in [-0.15, -0.1) is 0 Å². The third-order valence-electron chi connectivity index (χ3n) is 6.14. The molecule has 1 unspecified atom stereocenters. The van der Waals surface area contributed by atoms with Crippen LogP contribution in [0.4, 0.5) is 0 Å². The maximum absolute atomic E-state index is 13.2. The number of hydrogen-bond donors (Lipinski definition) is 1. The molecule has 8 heteroatoms. The number of hydrogen-bond acceptors (Lipinski definition) is 4. The van der Waals surface area contributed by atoms with Gasteiger partial charge in [-0.05, 0) is 56.0 Å². The summed E-state index contributed by atoms with van der Waals surface area (Å²) in [6.07, 6.45) is 6.36. The molecule has 0 amide bonds. The van der Waals surface area contributed by atoms with Gasteiger partial charge < -0.3 is 0 Å². The van der Waals surface area contributed by atoms with Crippen LogP contribution >= 0.6 is 0 Å². The molecule has 31 heavy (non-hydrogen) atoms. The van der Waals surface area contributed by atoms with Gasteiger partial charge in [0.15, 0.2) is 0 Å². The van der Waals surface area contributed by atoms with Crippen molar-refractivity contribution in [2.75, 3.05) is 6.54 Å². The number of H-pyrrole nitrogens is 1. The van der Waals surface area contributed by atoms with Crippen molar-refractivity contribution in [3.63, 3.8) is 0 Å². The van der Waals surface area contributed by atoms with Crippen molar-refractivity contribution in [2.24, 2.45) is 5.92 Å². The van der Waals surface area contributed by atoms with Crippen molar-refractivity contribution in [1.29, 1.82) is 0 Å². The fourth-order valence-corrected chi connectivity index (χ4v) is 6.21. The first-order valence-electron chi connectivity index (χ1n) is 10.4. The molecule has 0 radical (unpaired) electrons. The second-order valence-electron chi connectivity index (χ2n) is 8.43. The Hall–Kier alpha value is -2.97. The van der Waals surface area contributed by atoms with Crippen LogP contribution in [0.1, 0.15) is 18.9 Å². The van der Waals surface area contributed by atoms with Crippen LogP contribution < -0.4 is 0 Å². The lowest BCUT2D eigenvalue weighted by Gasteiger charge is -2.21. The number of sulfonamides is 1. The molecule has 2 atom stereocenters. The van der Waals surface area contributed by atoms with E-state index in [1.165, 1.54) is 0 Å². The molecule has 0 saturated carbocycles. The van der Waals surface area contributed by atoms with Crippen LogP contribution in [-0.2, 0) is 16.6 Å². The van der Waals surface area contributed by atoms with Gasteiger partial charge in [0.2, 0.25) is 10.0 Å². The average molecular weight is 436 g/mol. The number of fused-ring (bicyclic) bond motifs is 1. The predicted octanol–water partition coefficient (Wildman–Crippen LogP) is 3.83. The molecule has 5 rings (SSSR count). The van der Waals surface area contributed by atoms with E-state index in [0.717, 1.165) is 34.0 Å². The Morgan fingerprint density at radius 2 is 1.90 bits per heavy atom. The summed E-state index contributed by atoms with van der Waals surface area (Å²) in [7, 11) is -3.49. The van der Waals surface area contributed by atoms with Crippen molar-refractivity contribution in [3.05, 3.63) is 66.6 Å². The van der Waals surface area contributed by atoms with Crippen molar-refractivity contribution in [3.8, 4) is 11.1 Å². The van der Waals surface area contributed by atoms with Crippen LogP contribution in [0.15, 0.2) is 66.0 Å². The van der Waals surface area contributed by atoms with Crippen molar-refractivity contribution in [1.82, 2.24) is 24.3 Å². The summed E-state index contributed by atoms with van der Waals surface area (Å²) >= 11 is 0. The smallest absolute Gasteiger partial charge is 0.243 e. The molecule has 1 aliphatic rings. The van der Waals surface area contributed by atoms with E-state index in [-0.39, 0.29) is 12.0 Å². The molecular formula is C23H25N5O2S. The second-order valence-corrected chi connectivity index (χ2v) is 10.3. The summed E-state index contributed by atoms with van der Waals surface area (Å²) in [5, 5.41) is 12.5. The summed E-state index contributed by atoms with van der Waals surface area (Å²) in [6.45, 7) is 5.15. The van der Waals surface area contributed by atoms with Crippen molar-refractivity contribution in [2.45, 2.75) is 37.8 Å². The monoisotopic (exact) mass is 435 g/mol. The molecule has 0 spiro atoms. The Labute approximate surface area is 181 Å². The van der Waals surface area contributed by atoms with E-state index >= 15 is 0 Å². The standard InChI is InChI=1S/C23H25N5O2S/c1-16-3-6-22(7-4-16)31(29,30)28-15-18(9-17(28)2)14-27-23-8-5-19(10-20(23)13-26-27)21-11-24-25-12-21/h3-8,10-13,17-18H,9,14-15H2,1-2H3,(H,24,25)/t17-,18?/m1/s1. The Bertz CT molecular complexity index is 1310. The Morgan fingerprint density at radius 3 is 2.65 bits per heavy atom. The molecule has 4 aromatic rings. The minimum atomic E-state index is -3.49. The molecule has 1 aliphatic heterocycles. The Morgan fingerprint density at radius 1 is 1.10 bits per heavy atom. The molecule has 7 nitrogen and oxygen atoms in total. The van der Waals surface area contributed by atoms with E-state index in [0.29, 0.717) is 18.0 Å². The van der Waals surface area contributed by atoms with Crippen LogP contribution in [0.5, 0.6) is 0 Å². The molecule has 3 heterocycles. The highest BCUT2D eigenvalue weighted by Crippen LogP contribution is 2.31. The van der Waals surface area contributed by atoms with Gasteiger partial charge in [-0.3, -0.25) is 9.78 Å². The van der Waals surface area contributed by atoms with Crippen LogP contribution in [-0.4, -0.2) is 45.3 Å². The van der Waals surface area contributed by atoms with E-state index in [1.54, 1.807) is 22.6 Å². The maximum Gasteiger partial charge on any atom is 0.243 e. The zero-order chi connectivity index (χ0) is 21.6. The van der Waals surface area contributed by atoms with Gasteiger partial charge in [-0.2, -0.15) is 14.5 Å². The lowest BCUT2D eigenvalue weighted by molar-refractivity contribution is 0.396. The molecule has 1 N–H and O–H groups in total. The zero-order valence-electron chi connectivity index (χ0n) is 17.6. The average Bonchev–Trinajstić information content (AvgIpc) is 3.49. The molecule has 2 aromatic carbocycles. The third-order valence-corrected chi connectivity index (χ3v) is 8.13. The van der Waals surface area contributed by atoms with Gasteiger partial charge in [-0.1, -0.05) is 23.8 Å². The number of aromatic amines is 1. The van der Waals surface area contributed by atoms with Crippen molar-refractivity contribution < 1.29 is 8.42 Å². The quantitative estimate of drug-likeness (QED) is 0.516. The number of nitrogens with zero attached hydrogens (tertiary/aromatic N) is 4. The highest BCUT2D eigenvalue weighted by Gasteiger charge is 2.38. The fourth-order valence-electron chi connectivity index (χ4n) is 4.49. The van der Waals surface area contributed by atoms with Crippen LogP contribution in [0.3, 0.4) is 0 Å². The highest BCUT2D eigenvalue weighted by atomic mass is 32.2. The van der Waals surface area contributed by atoms with E-state index in [1.807, 2.05) is 43.1 Å². The van der Waals surface area contributed by atoms with Gasteiger partial charge >= 0.3 is 0 Å². The zero-order valence-corrected chi connectivity index (χ0v) is 18.4. The number of aromatic nitrogens is 4. The molecule has 2 aromatic heterocycles. The minimum Gasteiger partial charge on any atom is -0.285 e. The van der Waals surface area contributed by atoms with E-state index in [4.69, 9.17) is 0 Å². The summed E-state index contributed by atoms with van der Waals surface area (Å²) in [6, 6.07) is 13.3.